The molecule has 1 heterocycles. The Balaban J connectivity index is 1.69. The van der Waals surface area contributed by atoms with Gasteiger partial charge in [-0.2, -0.15) is 0 Å². The Morgan fingerprint density at radius 1 is 1.32 bits per heavy atom. The van der Waals surface area contributed by atoms with Crippen molar-refractivity contribution >= 4 is 5.97 Å². The predicted molar refractivity (Wildman–Crippen MR) is 107 cm³/mol. The van der Waals surface area contributed by atoms with Gasteiger partial charge in [0.1, 0.15) is 6.10 Å². The first-order valence-corrected chi connectivity index (χ1v) is 11.0. The van der Waals surface area contributed by atoms with Crippen LogP contribution < -0.4 is 0 Å². The third kappa shape index (κ3) is 5.05. The lowest BCUT2D eigenvalue weighted by molar-refractivity contribution is -0.191. The van der Waals surface area contributed by atoms with Crippen LogP contribution in [-0.2, 0) is 14.3 Å². The molecule has 2 N–H and O–H groups in total. The van der Waals surface area contributed by atoms with Gasteiger partial charge >= 0.3 is 5.97 Å². The molecule has 1 aliphatic heterocycles. The van der Waals surface area contributed by atoms with Gasteiger partial charge in [0.2, 0.25) is 0 Å². The maximum absolute atomic E-state index is 12.4. The van der Waals surface area contributed by atoms with Crippen LogP contribution in [0.25, 0.3) is 0 Å². The number of rotatable bonds is 6. The van der Waals surface area contributed by atoms with E-state index in [1.54, 1.807) is 0 Å². The van der Waals surface area contributed by atoms with E-state index in [1.807, 2.05) is 13.8 Å². The lowest BCUT2D eigenvalue weighted by Gasteiger charge is -2.42. The summed E-state index contributed by atoms with van der Waals surface area (Å²) in [7, 11) is 0. The Morgan fingerprint density at radius 2 is 2.11 bits per heavy atom. The molecular weight excluding hydrogens is 356 g/mol. The van der Waals surface area contributed by atoms with Crippen LogP contribution in [0.5, 0.6) is 0 Å². The summed E-state index contributed by atoms with van der Waals surface area (Å²) in [6.45, 7) is 6.17. The molecule has 1 fully saturated rings. The summed E-state index contributed by atoms with van der Waals surface area (Å²) in [5, 5.41) is 19.7. The normalized spacial score (nSPS) is 39.0. The number of carbonyl (C=O) groups is 1. The zero-order valence-electron chi connectivity index (χ0n) is 17.4. The van der Waals surface area contributed by atoms with Crippen molar-refractivity contribution in [1.82, 2.24) is 0 Å². The summed E-state index contributed by atoms with van der Waals surface area (Å²) in [6, 6.07) is 0. The number of aliphatic hydroxyl groups is 2. The number of fused-ring (bicyclic) bond motifs is 1. The predicted octanol–water partition coefficient (Wildman–Crippen LogP) is 3.74. The molecule has 0 spiro atoms. The molecule has 8 atom stereocenters. The van der Waals surface area contributed by atoms with Gasteiger partial charge in [0, 0.05) is 12.3 Å². The van der Waals surface area contributed by atoms with Crippen molar-refractivity contribution in [2.24, 2.45) is 23.7 Å². The van der Waals surface area contributed by atoms with E-state index in [0.717, 1.165) is 32.1 Å². The fourth-order valence-corrected chi connectivity index (χ4v) is 4.92. The number of hydrogen-bond acceptors (Lipinski definition) is 5. The molecule has 1 saturated heterocycles. The van der Waals surface area contributed by atoms with Crippen LogP contribution in [0.2, 0.25) is 0 Å². The van der Waals surface area contributed by atoms with Crippen LogP contribution >= 0.6 is 0 Å². The van der Waals surface area contributed by atoms with Crippen LogP contribution in [0.3, 0.4) is 0 Å². The van der Waals surface area contributed by atoms with Crippen LogP contribution in [0, 0.1) is 23.7 Å². The number of ether oxygens (including phenoxy) is 2. The molecular formula is C23H36O5. The third-order valence-corrected chi connectivity index (χ3v) is 6.81. The van der Waals surface area contributed by atoms with Gasteiger partial charge in [-0.3, -0.25) is 4.79 Å². The first kappa shape index (κ1) is 21.5. The van der Waals surface area contributed by atoms with Crippen molar-refractivity contribution in [3.63, 3.8) is 0 Å². The summed E-state index contributed by atoms with van der Waals surface area (Å²) in [5.74, 6) is 0.828. The van der Waals surface area contributed by atoms with Gasteiger partial charge in [0.25, 0.3) is 0 Å². The van der Waals surface area contributed by atoms with Crippen LogP contribution in [0.1, 0.15) is 65.7 Å². The van der Waals surface area contributed by atoms with Crippen LogP contribution in [0.15, 0.2) is 23.8 Å². The van der Waals surface area contributed by atoms with Crippen LogP contribution in [-0.4, -0.2) is 40.8 Å². The zero-order chi connectivity index (χ0) is 20.3. The first-order chi connectivity index (χ1) is 13.4. The minimum atomic E-state index is -0.869. The molecule has 5 heteroatoms. The SMILES string of the molecule is CC[C@H](C)C(=O)O[C@H]1CCC=C2C=C[C@H](C)[C@H](CC[C@@H]3C[C@@H](O)C[C@H](O)O3)[C@H]21. The first-order valence-electron chi connectivity index (χ1n) is 11.0. The quantitative estimate of drug-likeness (QED) is 0.674. The minimum absolute atomic E-state index is 0.0667. The molecule has 0 amide bonds. The van der Waals surface area contributed by atoms with Crippen molar-refractivity contribution in [3.05, 3.63) is 23.8 Å². The van der Waals surface area contributed by atoms with Gasteiger partial charge in [-0.05, 0) is 55.9 Å². The molecule has 0 radical (unpaired) electrons. The molecule has 0 saturated carbocycles. The van der Waals surface area contributed by atoms with Crippen LogP contribution in [0.4, 0.5) is 0 Å². The molecule has 0 aromatic carbocycles. The second-order valence-corrected chi connectivity index (χ2v) is 8.89. The lowest BCUT2D eigenvalue weighted by Crippen LogP contribution is -2.41. The van der Waals surface area contributed by atoms with E-state index in [-0.39, 0.29) is 30.0 Å². The third-order valence-electron chi connectivity index (χ3n) is 6.81. The molecule has 158 valence electrons. The number of allylic oxidation sites excluding steroid dienone is 3. The Labute approximate surface area is 168 Å². The van der Waals surface area contributed by atoms with Crippen molar-refractivity contribution < 1.29 is 24.5 Å². The number of esters is 1. The summed E-state index contributed by atoms with van der Waals surface area (Å²) < 4.78 is 11.6. The summed E-state index contributed by atoms with van der Waals surface area (Å²) in [4.78, 5) is 12.4. The van der Waals surface area contributed by atoms with Gasteiger partial charge in [0.15, 0.2) is 6.29 Å². The molecule has 28 heavy (non-hydrogen) atoms. The van der Waals surface area contributed by atoms with E-state index in [4.69, 9.17) is 9.47 Å². The highest BCUT2D eigenvalue weighted by Crippen LogP contribution is 2.44. The average Bonchev–Trinajstić information content (AvgIpc) is 2.66. The van der Waals surface area contributed by atoms with E-state index < -0.39 is 12.4 Å². The molecule has 0 unspecified atom stereocenters. The smallest absolute Gasteiger partial charge is 0.308 e. The van der Waals surface area contributed by atoms with E-state index in [1.165, 1.54) is 5.57 Å². The van der Waals surface area contributed by atoms with Crippen molar-refractivity contribution in [2.45, 2.75) is 90.3 Å². The van der Waals surface area contributed by atoms with Crippen molar-refractivity contribution in [2.75, 3.05) is 0 Å². The average molecular weight is 393 g/mol. The molecule has 0 aromatic rings. The fraction of sp³-hybridized carbons (Fsp3) is 0.783. The van der Waals surface area contributed by atoms with Gasteiger partial charge in [-0.1, -0.05) is 39.0 Å². The molecule has 5 nitrogen and oxygen atoms in total. The second kappa shape index (κ2) is 9.55. The molecule has 3 aliphatic rings. The van der Waals surface area contributed by atoms with E-state index in [9.17, 15) is 15.0 Å². The molecule has 3 rings (SSSR count). The molecule has 2 aliphatic carbocycles. The lowest BCUT2D eigenvalue weighted by atomic mass is 9.66. The highest BCUT2D eigenvalue weighted by Gasteiger charge is 2.40. The van der Waals surface area contributed by atoms with Crippen molar-refractivity contribution in [3.8, 4) is 0 Å². The van der Waals surface area contributed by atoms with Gasteiger partial charge in [-0.25, -0.2) is 0 Å². The number of aliphatic hydroxyl groups excluding tert-OH is 2. The monoisotopic (exact) mass is 392 g/mol. The standard InChI is InChI=1S/C23H36O5/c1-4-14(2)23(26)28-20-7-5-6-16-9-8-15(3)19(22(16)20)11-10-18-12-17(24)13-21(25)27-18/h6,8-9,14-15,17-22,24-25H,4-5,7,10-13H2,1-3H3/t14-,15-,17+,18+,19-,20-,21+,22-/m0/s1. The maximum atomic E-state index is 12.4. The summed E-state index contributed by atoms with van der Waals surface area (Å²) in [5.41, 5.74) is 1.29. The van der Waals surface area contributed by atoms with E-state index in [0.29, 0.717) is 24.7 Å². The molecule has 0 bridgehead atoms. The Morgan fingerprint density at radius 3 is 2.82 bits per heavy atom. The fourth-order valence-electron chi connectivity index (χ4n) is 4.92. The van der Waals surface area contributed by atoms with Crippen molar-refractivity contribution in [1.29, 1.82) is 0 Å². The minimum Gasteiger partial charge on any atom is -0.461 e. The Kier molecular flexibility index (Phi) is 7.35. The maximum Gasteiger partial charge on any atom is 0.308 e. The number of carbonyl (C=O) groups excluding carboxylic acids is 1. The van der Waals surface area contributed by atoms with Gasteiger partial charge in [0.05, 0.1) is 18.1 Å². The highest BCUT2D eigenvalue weighted by molar-refractivity contribution is 5.72. The highest BCUT2D eigenvalue weighted by atomic mass is 16.6. The summed E-state index contributed by atoms with van der Waals surface area (Å²) in [6.07, 6.45) is 10.4. The Hall–Kier alpha value is -1.17. The summed E-state index contributed by atoms with van der Waals surface area (Å²) >= 11 is 0. The van der Waals surface area contributed by atoms with E-state index >= 15 is 0 Å². The second-order valence-electron chi connectivity index (χ2n) is 8.89. The van der Waals surface area contributed by atoms with E-state index in [2.05, 4.69) is 25.2 Å². The number of hydrogen-bond donors (Lipinski definition) is 2. The van der Waals surface area contributed by atoms with Gasteiger partial charge in [-0.15, -0.1) is 0 Å². The Bertz CT molecular complexity index is 588. The van der Waals surface area contributed by atoms with Gasteiger partial charge < -0.3 is 19.7 Å². The molecule has 0 aromatic heterocycles. The largest absolute Gasteiger partial charge is 0.461 e. The topological polar surface area (TPSA) is 76.0 Å². The zero-order valence-corrected chi connectivity index (χ0v) is 17.4.